The second kappa shape index (κ2) is 10.1. The fourth-order valence-corrected chi connectivity index (χ4v) is 1.55. The molecule has 1 N–H and O–H groups in total. The summed E-state index contributed by atoms with van der Waals surface area (Å²) in [5, 5.41) is 3.49. The molecule has 0 radical (unpaired) electrons. The number of nitrogens with zero attached hydrogens (tertiary/aromatic N) is 2. The van der Waals surface area contributed by atoms with Crippen LogP contribution in [0.5, 0.6) is 0 Å². The Kier molecular flexibility index (Phi) is 9.99. The van der Waals surface area contributed by atoms with Crippen LogP contribution in [0, 0.1) is 5.92 Å². The van der Waals surface area contributed by atoms with Crippen LogP contribution in [-0.2, 0) is 0 Å². The molecule has 0 aromatic heterocycles. The average molecular weight is 229 g/mol. The van der Waals surface area contributed by atoms with Crippen molar-refractivity contribution in [3.05, 3.63) is 0 Å². The van der Waals surface area contributed by atoms with Crippen LogP contribution >= 0.6 is 0 Å². The van der Waals surface area contributed by atoms with Crippen molar-refractivity contribution in [2.24, 2.45) is 5.92 Å². The number of nitrogens with one attached hydrogen (secondary N) is 1. The predicted octanol–water partition coefficient (Wildman–Crippen LogP) is 1.51. The van der Waals surface area contributed by atoms with Crippen molar-refractivity contribution >= 4 is 0 Å². The number of hydrogen-bond donors (Lipinski definition) is 1. The van der Waals surface area contributed by atoms with Crippen molar-refractivity contribution in [3.63, 3.8) is 0 Å². The first-order chi connectivity index (χ1) is 7.52. The molecule has 98 valence electrons. The van der Waals surface area contributed by atoms with Gasteiger partial charge in [0, 0.05) is 13.1 Å². The zero-order valence-corrected chi connectivity index (χ0v) is 11.9. The van der Waals surface area contributed by atoms with Gasteiger partial charge >= 0.3 is 0 Å². The Bertz CT molecular complexity index is 146. The molecule has 0 aliphatic heterocycles. The molecule has 0 amide bonds. The summed E-state index contributed by atoms with van der Waals surface area (Å²) in [6.45, 7) is 10.4. The minimum Gasteiger partial charge on any atom is -0.315 e. The molecule has 3 heteroatoms. The second-order valence-electron chi connectivity index (χ2n) is 5.39. The van der Waals surface area contributed by atoms with Gasteiger partial charge in [0.05, 0.1) is 0 Å². The smallest absolute Gasteiger partial charge is 0.0104 e. The number of hydrogen-bond acceptors (Lipinski definition) is 3. The fourth-order valence-electron chi connectivity index (χ4n) is 1.55. The molecule has 0 aliphatic rings. The van der Waals surface area contributed by atoms with Crippen LogP contribution in [-0.4, -0.2) is 63.7 Å². The lowest BCUT2D eigenvalue weighted by atomic mass is 10.1. The van der Waals surface area contributed by atoms with Gasteiger partial charge in [-0.2, -0.15) is 0 Å². The first-order valence-electron chi connectivity index (χ1n) is 6.56. The van der Waals surface area contributed by atoms with Crippen molar-refractivity contribution in [2.45, 2.75) is 26.7 Å². The predicted molar refractivity (Wildman–Crippen MR) is 73.0 cm³/mol. The number of rotatable bonds is 10. The van der Waals surface area contributed by atoms with E-state index >= 15 is 0 Å². The third-order valence-electron chi connectivity index (χ3n) is 2.71. The molecule has 0 saturated carbocycles. The van der Waals surface area contributed by atoms with E-state index < -0.39 is 0 Å². The lowest BCUT2D eigenvalue weighted by molar-refractivity contribution is 0.298. The van der Waals surface area contributed by atoms with E-state index in [-0.39, 0.29) is 0 Å². The third kappa shape index (κ3) is 12.0. The van der Waals surface area contributed by atoms with Crippen LogP contribution < -0.4 is 5.32 Å². The van der Waals surface area contributed by atoms with E-state index in [1.807, 2.05) is 0 Å². The van der Waals surface area contributed by atoms with Crippen molar-refractivity contribution < 1.29 is 0 Å². The molecule has 0 aromatic carbocycles. The van der Waals surface area contributed by atoms with Gasteiger partial charge in [-0.25, -0.2) is 0 Å². The van der Waals surface area contributed by atoms with Gasteiger partial charge in [-0.05, 0) is 59.5 Å². The van der Waals surface area contributed by atoms with E-state index in [9.17, 15) is 0 Å². The van der Waals surface area contributed by atoms with Crippen LogP contribution in [0.1, 0.15) is 26.7 Å². The van der Waals surface area contributed by atoms with Gasteiger partial charge in [0.1, 0.15) is 0 Å². The Labute approximate surface area is 102 Å². The van der Waals surface area contributed by atoms with E-state index in [1.54, 1.807) is 0 Å². The van der Waals surface area contributed by atoms with E-state index in [0.29, 0.717) is 0 Å². The first-order valence-corrected chi connectivity index (χ1v) is 6.56. The maximum atomic E-state index is 3.49. The van der Waals surface area contributed by atoms with Crippen LogP contribution in [0.15, 0.2) is 0 Å². The Hall–Kier alpha value is -0.120. The molecule has 0 rings (SSSR count). The molecule has 0 heterocycles. The highest BCUT2D eigenvalue weighted by atomic mass is 15.1. The third-order valence-corrected chi connectivity index (χ3v) is 2.71. The minimum absolute atomic E-state index is 0.810. The SMILES string of the molecule is CC(C)CCNCCN(C)CCCN(C)C. The van der Waals surface area contributed by atoms with E-state index in [2.05, 4.69) is 50.1 Å². The van der Waals surface area contributed by atoms with Crippen LogP contribution in [0.25, 0.3) is 0 Å². The van der Waals surface area contributed by atoms with Crippen molar-refractivity contribution in [1.29, 1.82) is 0 Å². The normalized spacial score (nSPS) is 12.0. The summed E-state index contributed by atoms with van der Waals surface area (Å²) in [6, 6.07) is 0. The molecule has 0 unspecified atom stereocenters. The van der Waals surface area contributed by atoms with Gasteiger partial charge < -0.3 is 15.1 Å². The molecule has 0 saturated heterocycles. The summed E-state index contributed by atoms with van der Waals surface area (Å²) in [7, 11) is 6.47. The maximum Gasteiger partial charge on any atom is 0.0104 e. The highest BCUT2D eigenvalue weighted by Crippen LogP contribution is 1.96. The molecule has 0 fully saturated rings. The molecule has 0 spiro atoms. The maximum absolute atomic E-state index is 3.49. The topological polar surface area (TPSA) is 18.5 Å². The summed E-state index contributed by atoms with van der Waals surface area (Å²) in [5.74, 6) is 0.810. The highest BCUT2D eigenvalue weighted by Gasteiger charge is 1.99. The van der Waals surface area contributed by atoms with Crippen molar-refractivity contribution in [1.82, 2.24) is 15.1 Å². The van der Waals surface area contributed by atoms with Gasteiger partial charge in [0.25, 0.3) is 0 Å². The Morgan fingerprint density at radius 1 is 0.938 bits per heavy atom. The average Bonchev–Trinajstić information content (AvgIpc) is 2.16. The van der Waals surface area contributed by atoms with Gasteiger partial charge in [0.15, 0.2) is 0 Å². The molecular weight excluding hydrogens is 198 g/mol. The largest absolute Gasteiger partial charge is 0.315 e. The van der Waals surface area contributed by atoms with E-state index in [0.717, 1.165) is 25.6 Å². The number of likely N-dealkylation sites (N-methyl/N-ethyl adjacent to an activating group) is 1. The summed E-state index contributed by atoms with van der Waals surface area (Å²) in [6.07, 6.45) is 2.54. The summed E-state index contributed by atoms with van der Waals surface area (Å²) in [4.78, 5) is 4.65. The van der Waals surface area contributed by atoms with Crippen molar-refractivity contribution in [2.75, 3.05) is 53.9 Å². The molecule has 0 aromatic rings. The van der Waals surface area contributed by atoms with Gasteiger partial charge in [0.2, 0.25) is 0 Å². The summed E-state index contributed by atoms with van der Waals surface area (Å²) < 4.78 is 0. The lowest BCUT2D eigenvalue weighted by Gasteiger charge is -2.18. The van der Waals surface area contributed by atoms with Crippen molar-refractivity contribution in [3.8, 4) is 0 Å². The van der Waals surface area contributed by atoms with Crippen LogP contribution in [0.3, 0.4) is 0 Å². The van der Waals surface area contributed by atoms with Crippen LogP contribution in [0.2, 0.25) is 0 Å². The molecule has 0 bridgehead atoms. The molecular formula is C13H31N3. The molecule has 0 aliphatic carbocycles. The monoisotopic (exact) mass is 229 g/mol. The first kappa shape index (κ1) is 15.9. The van der Waals surface area contributed by atoms with E-state index in [1.165, 1.54) is 25.9 Å². The zero-order valence-electron chi connectivity index (χ0n) is 11.9. The molecule has 3 nitrogen and oxygen atoms in total. The summed E-state index contributed by atoms with van der Waals surface area (Å²) >= 11 is 0. The Balaban J connectivity index is 3.20. The zero-order chi connectivity index (χ0) is 12.4. The molecule has 16 heavy (non-hydrogen) atoms. The minimum atomic E-state index is 0.810. The lowest BCUT2D eigenvalue weighted by Crippen LogP contribution is -2.31. The van der Waals surface area contributed by atoms with Gasteiger partial charge in [-0.3, -0.25) is 0 Å². The quantitative estimate of drug-likeness (QED) is 0.573. The Morgan fingerprint density at radius 2 is 1.62 bits per heavy atom. The second-order valence-corrected chi connectivity index (χ2v) is 5.39. The van der Waals surface area contributed by atoms with Gasteiger partial charge in [-0.15, -0.1) is 0 Å². The highest BCUT2D eigenvalue weighted by molar-refractivity contribution is 4.57. The fraction of sp³-hybridized carbons (Fsp3) is 1.00. The summed E-state index contributed by atoms with van der Waals surface area (Å²) in [5.41, 5.74) is 0. The van der Waals surface area contributed by atoms with E-state index in [4.69, 9.17) is 0 Å². The van der Waals surface area contributed by atoms with Crippen LogP contribution in [0.4, 0.5) is 0 Å². The standard InChI is InChI=1S/C13H31N3/c1-13(2)7-8-14-9-12-16(5)11-6-10-15(3)4/h13-14H,6-12H2,1-5H3. The Morgan fingerprint density at radius 3 is 2.19 bits per heavy atom. The molecule has 0 atom stereocenters. The van der Waals surface area contributed by atoms with Gasteiger partial charge in [-0.1, -0.05) is 13.8 Å².